The van der Waals surface area contributed by atoms with Crippen LogP contribution in [0.5, 0.6) is 0 Å². The number of aryl methyl sites for hydroxylation is 2. The maximum Gasteiger partial charge on any atom is 0.160 e. The first kappa shape index (κ1) is 13.4. The zero-order valence-electron chi connectivity index (χ0n) is 12.0. The molecule has 0 aliphatic rings. The molecule has 21 heavy (non-hydrogen) atoms. The molecule has 0 bridgehead atoms. The Morgan fingerprint density at radius 2 is 2.24 bits per heavy atom. The van der Waals surface area contributed by atoms with E-state index in [4.69, 9.17) is 0 Å². The van der Waals surface area contributed by atoms with Crippen LogP contribution >= 0.6 is 0 Å². The molecule has 6 nitrogen and oxygen atoms in total. The number of aromatic nitrogens is 5. The average Bonchev–Trinajstić information content (AvgIpc) is 3.13. The molecule has 0 atom stereocenters. The number of nitrogens with zero attached hydrogens (tertiary/aromatic N) is 4. The molecular formula is C15H18N6. The van der Waals surface area contributed by atoms with Crippen LogP contribution in [0.4, 0.5) is 5.69 Å². The second-order valence-corrected chi connectivity index (χ2v) is 4.84. The maximum atomic E-state index is 4.41. The van der Waals surface area contributed by atoms with Gasteiger partial charge in [-0.05, 0) is 25.5 Å². The predicted molar refractivity (Wildman–Crippen MR) is 81.9 cm³/mol. The third kappa shape index (κ3) is 3.10. The summed E-state index contributed by atoms with van der Waals surface area (Å²) in [5, 5.41) is 3.35. The smallest absolute Gasteiger partial charge is 0.160 e. The van der Waals surface area contributed by atoms with Crippen molar-refractivity contribution in [1.29, 1.82) is 0 Å². The number of hydrogen-bond acceptors (Lipinski definition) is 4. The standard InChI is InChI=1S/C15H18N6/c1-12-14(20-11-19-12)15-18-7-9-21(15)8-3-6-17-13-4-2-5-16-10-13/h2,4-5,7,9-11,17H,3,6,8H2,1H3,(H,19,20). The molecule has 2 N–H and O–H groups in total. The van der Waals surface area contributed by atoms with Crippen LogP contribution in [0.1, 0.15) is 12.1 Å². The fourth-order valence-corrected chi connectivity index (χ4v) is 2.24. The summed E-state index contributed by atoms with van der Waals surface area (Å²) in [6.07, 6.45) is 10.1. The Morgan fingerprint density at radius 1 is 1.29 bits per heavy atom. The molecule has 0 aliphatic carbocycles. The minimum Gasteiger partial charge on any atom is -0.384 e. The van der Waals surface area contributed by atoms with Gasteiger partial charge in [0, 0.05) is 43.6 Å². The van der Waals surface area contributed by atoms with E-state index in [1.54, 1.807) is 12.5 Å². The largest absolute Gasteiger partial charge is 0.384 e. The zero-order chi connectivity index (χ0) is 14.5. The van der Waals surface area contributed by atoms with Crippen molar-refractivity contribution in [2.45, 2.75) is 19.9 Å². The Kier molecular flexibility index (Phi) is 3.95. The maximum absolute atomic E-state index is 4.41. The van der Waals surface area contributed by atoms with Crippen LogP contribution in [0, 0.1) is 6.92 Å². The number of aromatic amines is 1. The first-order valence-electron chi connectivity index (χ1n) is 7.00. The number of imidazole rings is 2. The fourth-order valence-electron chi connectivity index (χ4n) is 2.24. The molecular weight excluding hydrogens is 264 g/mol. The average molecular weight is 282 g/mol. The van der Waals surface area contributed by atoms with Gasteiger partial charge >= 0.3 is 0 Å². The van der Waals surface area contributed by atoms with E-state index in [0.29, 0.717) is 0 Å². The summed E-state index contributed by atoms with van der Waals surface area (Å²) in [5.41, 5.74) is 3.00. The molecule has 0 aromatic carbocycles. The second kappa shape index (κ2) is 6.21. The quantitative estimate of drug-likeness (QED) is 0.681. The van der Waals surface area contributed by atoms with Gasteiger partial charge in [0.2, 0.25) is 0 Å². The third-order valence-electron chi connectivity index (χ3n) is 3.32. The minimum atomic E-state index is 0.892. The Bertz CT molecular complexity index is 685. The number of pyridine rings is 1. The summed E-state index contributed by atoms with van der Waals surface area (Å²) >= 11 is 0. The lowest BCUT2D eigenvalue weighted by Crippen LogP contribution is -2.07. The van der Waals surface area contributed by atoms with Crippen molar-refractivity contribution in [2.24, 2.45) is 0 Å². The van der Waals surface area contributed by atoms with Crippen LogP contribution < -0.4 is 5.32 Å². The highest BCUT2D eigenvalue weighted by molar-refractivity contribution is 5.52. The third-order valence-corrected chi connectivity index (χ3v) is 3.32. The fraction of sp³-hybridized carbons (Fsp3) is 0.267. The molecule has 0 saturated carbocycles. The summed E-state index contributed by atoms with van der Waals surface area (Å²) in [6, 6.07) is 3.94. The van der Waals surface area contributed by atoms with Crippen molar-refractivity contribution in [2.75, 3.05) is 11.9 Å². The van der Waals surface area contributed by atoms with Crippen LogP contribution in [0.15, 0.2) is 43.2 Å². The lowest BCUT2D eigenvalue weighted by Gasteiger charge is -2.08. The van der Waals surface area contributed by atoms with Crippen molar-refractivity contribution in [3.8, 4) is 11.5 Å². The van der Waals surface area contributed by atoms with Gasteiger partial charge in [-0.1, -0.05) is 0 Å². The Balaban J connectivity index is 1.57. The van der Waals surface area contributed by atoms with E-state index in [2.05, 4.69) is 29.8 Å². The van der Waals surface area contributed by atoms with Gasteiger partial charge < -0.3 is 14.9 Å². The number of rotatable bonds is 6. The van der Waals surface area contributed by atoms with E-state index in [0.717, 1.165) is 42.4 Å². The highest BCUT2D eigenvalue weighted by Gasteiger charge is 2.10. The highest BCUT2D eigenvalue weighted by Crippen LogP contribution is 2.17. The van der Waals surface area contributed by atoms with Crippen LogP contribution in [0.3, 0.4) is 0 Å². The molecule has 0 amide bonds. The summed E-state index contributed by atoms with van der Waals surface area (Å²) in [6.45, 7) is 3.79. The molecule has 6 heteroatoms. The van der Waals surface area contributed by atoms with Crippen LogP contribution in [0.2, 0.25) is 0 Å². The molecule has 0 fully saturated rings. The minimum absolute atomic E-state index is 0.892. The molecule has 3 aromatic rings. The van der Waals surface area contributed by atoms with E-state index in [9.17, 15) is 0 Å². The lowest BCUT2D eigenvalue weighted by molar-refractivity contribution is 0.665. The molecule has 108 valence electrons. The topological polar surface area (TPSA) is 71.4 Å². The van der Waals surface area contributed by atoms with Gasteiger partial charge in [0.25, 0.3) is 0 Å². The first-order chi connectivity index (χ1) is 10.3. The highest BCUT2D eigenvalue weighted by atomic mass is 15.1. The summed E-state index contributed by atoms with van der Waals surface area (Å²) in [4.78, 5) is 15.9. The Morgan fingerprint density at radius 3 is 3.00 bits per heavy atom. The van der Waals surface area contributed by atoms with Crippen LogP contribution in [0.25, 0.3) is 11.5 Å². The monoisotopic (exact) mass is 282 g/mol. The number of nitrogens with one attached hydrogen (secondary N) is 2. The summed E-state index contributed by atoms with van der Waals surface area (Å²) in [7, 11) is 0. The molecule has 3 heterocycles. The molecule has 0 radical (unpaired) electrons. The van der Waals surface area contributed by atoms with E-state index in [1.807, 2.05) is 37.6 Å². The van der Waals surface area contributed by atoms with Crippen LogP contribution in [-0.2, 0) is 6.54 Å². The van der Waals surface area contributed by atoms with Gasteiger partial charge in [-0.25, -0.2) is 9.97 Å². The van der Waals surface area contributed by atoms with E-state index in [1.165, 1.54) is 0 Å². The SMILES string of the molecule is Cc1[nH]cnc1-c1nccn1CCCNc1cccnc1. The normalized spacial score (nSPS) is 10.7. The van der Waals surface area contributed by atoms with Crippen molar-refractivity contribution in [3.63, 3.8) is 0 Å². The van der Waals surface area contributed by atoms with E-state index in [-0.39, 0.29) is 0 Å². The molecule has 0 unspecified atom stereocenters. The molecule has 0 spiro atoms. The number of anilines is 1. The second-order valence-electron chi connectivity index (χ2n) is 4.84. The van der Waals surface area contributed by atoms with Gasteiger partial charge in [-0.3, -0.25) is 4.98 Å². The van der Waals surface area contributed by atoms with Gasteiger partial charge in [0.05, 0.1) is 12.0 Å². The summed E-state index contributed by atoms with van der Waals surface area (Å²) < 4.78 is 2.13. The van der Waals surface area contributed by atoms with E-state index < -0.39 is 0 Å². The van der Waals surface area contributed by atoms with Gasteiger partial charge in [0.15, 0.2) is 5.82 Å². The lowest BCUT2D eigenvalue weighted by atomic mass is 10.3. The van der Waals surface area contributed by atoms with Crippen molar-refractivity contribution in [1.82, 2.24) is 24.5 Å². The number of hydrogen-bond donors (Lipinski definition) is 2. The zero-order valence-corrected chi connectivity index (χ0v) is 12.0. The summed E-state index contributed by atoms with van der Waals surface area (Å²) in [5.74, 6) is 0.912. The Hall–Kier alpha value is -2.63. The Labute approximate surface area is 123 Å². The molecule has 0 saturated heterocycles. The predicted octanol–water partition coefficient (Wildman–Crippen LogP) is 2.48. The number of H-pyrrole nitrogens is 1. The molecule has 3 aromatic heterocycles. The first-order valence-corrected chi connectivity index (χ1v) is 7.00. The van der Waals surface area contributed by atoms with Gasteiger partial charge in [-0.15, -0.1) is 0 Å². The van der Waals surface area contributed by atoms with Gasteiger partial charge in [-0.2, -0.15) is 0 Å². The van der Waals surface area contributed by atoms with Crippen molar-refractivity contribution in [3.05, 3.63) is 48.9 Å². The molecule has 0 aliphatic heterocycles. The van der Waals surface area contributed by atoms with E-state index >= 15 is 0 Å². The van der Waals surface area contributed by atoms with Crippen LogP contribution in [-0.4, -0.2) is 31.0 Å². The molecule has 3 rings (SSSR count). The van der Waals surface area contributed by atoms with Crippen molar-refractivity contribution < 1.29 is 0 Å². The van der Waals surface area contributed by atoms with Crippen molar-refractivity contribution >= 4 is 5.69 Å². The van der Waals surface area contributed by atoms with Gasteiger partial charge in [0.1, 0.15) is 5.69 Å².